The maximum Gasteiger partial charge on any atom is 0.266 e. The van der Waals surface area contributed by atoms with Crippen LogP contribution in [-0.2, 0) is 11.2 Å². The van der Waals surface area contributed by atoms with Crippen LogP contribution in [0.3, 0.4) is 0 Å². The van der Waals surface area contributed by atoms with Crippen LogP contribution in [0.2, 0.25) is 0 Å². The molecule has 3 aromatic carbocycles. The van der Waals surface area contributed by atoms with E-state index in [2.05, 4.69) is 11.9 Å². The lowest BCUT2D eigenvalue weighted by molar-refractivity contribution is -0.112. The van der Waals surface area contributed by atoms with Crippen molar-refractivity contribution >= 4 is 17.7 Å². The summed E-state index contributed by atoms with van der Waals surface area (Å²) in [5, 5.41) is 12.2. The number of nitrogens with one attached hydrogen (secondary N) is 1. The maximum absolute atomic E-state index is 12.4. The number of carbonyl (C=O) groups is 1. The second-order valence-electron chi connectivity index (χ2n) is 7.73. The van der Waals surface area contributed by atoms with Crippen LogP contribution in [0.5, 0.6) is 17.2 Å². The predicted octanol–water partition coefficient (Wildman–Crippen LogP) is 5.74. The lowest BCUT2D eigenvalue weighted by Gasteiger charge is -2.12. The molecule has 1 N–H and O–H groups in total. The predicted molar refractivity (Wildman–Crippen MR) is 138 cm³/mol. The largest absolute Gasteiger partial charge is 0.493 e. The van der Waals surface area contributed by atoms with Gasteiger partial charge in [-0.1, -0.05) is 42.0 Å². The number of allylic oxidation sites excluding steroid dienone is 1. The van der Waals surface area contributed by atoms with E-state index in [1.54, 1.807) is 49.6 Å². The van der Waals surface area contributed by atoms with Crippen molar-refractivity contribution in [1.82, 2.24) is 0 Å². The number of aryl methyl sites for hydroxylation is 1. The van der Waals surface area contributed by atoms with Crippen molar-refractivity contribution in [3.8, 4) is 23.3 Å². The zero-order chi connectivity index (χ0) is 25.0. The molecule has 0 heterocycles. The summed E-state index contributed by atoms with van der Waals surface area (Å²) in [6.45, 7) is 6.40. The lowest BCUT2D eigenvalue weighted by atomic mass is 10.1. The Morgan fingerprint density at radius 2 is 1.71 bits per heavy atom. The third-order valence-electron chi connectivity index (χ3n) is 5.08. The first kappa shape index (κ1) is 25.1. The van der Waals surface area contributed by atoms with Gasteiger partial charge in [0.2, 0.25) is 0 Å². The van der Waals surface area contributed by atoms with Crippen molar-refractivity contribution in [1.29, 1.82) is 5.26 Å². The number of amides is 1. The molecular weight excluding hydrogens is 440 g/mol. The molecule has 0 spiro atoms. The smallest absolute Gasteiger partial charge is 0.266 e. The van der Waals surface area contributed by atoms with Gasteiger partial charge in [0.25, 0.3) is 5.91 Å². The van der Waals surface area contributed by atoms with E-state index < -0.39 is 5.91 Å². The van der Waals surface area contributed by atoms with Gasteiger partial charge in [0, 0.05) is 5.69 Å². The SMILES string of the molecule is C=CCc1ccc(OCCOc2ccc(C=C(C#N)C(=O)Nc3ccc(C)cc3)cc2)c(OC)c1. The van der Waals surface area contributed by atoms with Crippen molar-refractivity contribution in [2.75, 3.05) is 25.6 Å². The van der Waals surface area contributed by atoms with E-state index in [0.717, 1.165) is 17.5 Å². The first-order valence-electron chi connectivity index (χ1n) is 11.2. The summed E-state index contributed by atoms with van der Waals surface area (Å²) in [6.07, 6.45) is 4.14. The minimum atomic E-state index is -0.457. The van der Waals surface area contributed by atoms with Gasteiger partial charge in [-0.25, -0.2) is 0 Å². The highest BCUT2D eigenvalue weighted by Gasteiger charge is 2.10. The van der Waals surface area contributed by atoms with E-state index >= 15 is 0 Å². The Hall–Kier alpha value is -4.50. The first-order valence-corrected chi connectivity index (χ1v) is 11.2. The van der Waals surface area contributed by atoms with Crippen molar-refractivity contribution < 1.29 is 19.0 Å². The molecule has 0 atom stereocenters. The van der Waals surface area contributed by atoms with E-state index in [9.17, 15) is 10.1 Å². The molecule has 178 valence electrons. The summed E-state index contributed by atoms with van der Waals surface area (Å²) in [5.74, 6) is 1.51. The van der Waals surface area contributed by atoms with Gasteiger partial charge in [-0.15, -0.1) is 6.58 Å². The molecule has 0 aromatic heterocycles. The number of rotatable bonds is 11. The number of hydrogen-bond acceptors (Lipinski definition) is 5. The molecule has 0 aliphatic carbocycles. The van der Waals surface area contributed by atoms with Crippen molar-refractivity contribution in [3.63, 3.8) is 0 Å². The molecule has 1 amide bonds. The summed E-state index contributed by atoms with van der Waals surface area (Å²) in [5.41, 5.74) is 3.56. The fourth-order valence-corrected chi connectivity index (χ4v) is 3.25. The zero-order valence-electron chi connectivity index (χ0n) is 19.9. The number of nitriles is 1. The summed E-state index contributed by atoms with van der Waals surface area (Å²) >= 11 is 0. The lowest BCUT2D eigenvalue weighted by Crippen LogP contribution is -2.13. The number of hydrogen-bond donors (Lipinski definition) is 1. The molecule has 6 heteroatoms. The van der Waals surface area contributed by atoms with Crippen LogP contribution >= 0.6 is 0 Å². The van der Waals surface area contributed by atoms with Gasteiger partial charge in [-0.2, -0.15) is 5.26 Å². The van der Waals surface area contributed by atoms with Gasteiger partial charge in [-0.05, 0) is 66.9 Å². The van der Waals surface area contributed by atoms with Crippen molar-refractivity contribution in [3.05, 3.63) is 102 Å². The molecule has 0 radical (unpaired) electrons. The van der Waals surface area contributed by atoms with E-state index in [1.165, 1.54) is 0 Å². The van der Waals surface area contributed by atoms with Crippen molar-refractivity contribution in [2.45, 2.75) is 13.3 Å². The zero-order valence-corrected chi connectivity index (χ0v) is 19.9. The van der Waals surface area contributed by atoms with Gasteiger partial charge in [0.15, 0.2) is 11.5 Å². The Balaban J connectivity index is 1.52. The number of nitrogens with zero attached hydrogens (tertiary/aromatic N) is 1. The molecule has 3 rings (SSSR count). The molecule has 0 saturated heterocycles. The Morgan fingerprint density at radius 1 is 1.00 bits per heavy atom. The highest BCUT2D eigenvalue weighted by molar-refractivity contribution is 6.09. The van der Waals surface area contributed by atoms with Crippen LogP contribution in [0.1, 0.15) is 16.7 Å². The van der Waals surface area contributed by atoms with E-state index in [4.69, 9.17) is 14.2 Å². The normalized spacial score (nSPS) is 10.7. The van der Waals surface area contributed by atoms with Gasteiger partial charge in [0.1, 0.15) is 30.6 Å². The summed E-state index contributed by atoms with van der Waals surface area (Å²) in [4.78, 5) is 12.4. The third kappa shape index (κ3) is 7.51. The number of anilines is 1. The molecule has 0 aliphatic heterocycles. The highest BCUT2D eigenvalue weighted by Crippen LogP contribution is 2.28. The van der Waals surface area contributed by atoms with E-state index in [-0.39, 0.29) is 5.57 Å². The Bertz CT molecular complexity index is 1220. The highest BCUT2D eigenvalue weighted by atomic mass is 16.5. The summed E-state index contributed by atoms with van der Waals surface area (Å²) < 4.78 is 16.9. The van der Waals surface area contributed by atoms with Gasteiger partial charge in [0.05, 0.1) is 7.11 Å². The van der Waals surface area contributed by atoms with Gasteiger partial charge in [-0.3, -0.25) is 4.79 Å². The number of ether oxygens (including phenoxy) is 3. The van der Waals surface area contributed by atoms with Crippen LogP contribution < -0.4 is 19.5 Å². The molecule has 0 saturated carbocycles. The second-order valence-corrected chi connectivity index (χ2v) is 7.73. The molecule has 0 bridgehead atoms. The van der Waals surface area contributed by atoms with Crippen LogP contribution in [-0.4, -0.2) is 26.2 Å². The summed E-state index contributed by atoms with van der Waals surface area (Å²) in [7, 11) is 1.61. The van der Waals surface area contributed by atoms with Gasteiger partial charge >= 0.3 is 0 Å². The molecule has 0 unspecified atom stereocenters. The van der Waals surface area contributed by atoms with E-state index in [0.29, 0.717) is 41.7 Å². The minimum Gasteiger partial charge on any atom is -0.493 e. The Kier molecular flexibility index (Phi) is 9.09. The monoisotopic (exact) mass is 468 g/mol. The van der Waals surface area contributed by atoms with Gasteiger partial charge < -0.3 is 19.5 Å². The maximum atomic E-state index is 12.4. The third-order valence-corrected chi connectivity index (χ3v) is 5.08. The molecular formula is C29H28N2O4. The van der Waals surface area contributed by atoms with Crippen LogP contribution in [0.15, 0.2) is 85.0 Å². The van der Waals surface area contributed by atoms with Crippen LogP contribution in [0.25, 0.3) is 6.08 Å². The van der Waals surface area contributed by atoms with Crippen LogP contribution in [0.4, 0.5) is 5.69 Å². The fraction of sp³-hybridized carbons (Fsp3) is 0.172. The Labute approximate surface area is 206 Å². The average Bonchev–Trinajstić information content (AvgIpc) is 2.88. The number of methoxy groups -OCH3 is 1. The minimum absolute atomic E-state index is 0.0145. The molecule has 0 aliphatic rings. The molecule has 3 aromatic rings. The molecule has 0 fully saturated rings. The summed E-state index contributed by atoms with van der Waals surface area (Å²) in [6, 6.07) is 22.3. The standard InChI is InChI=1S/C29H28N2O4/c1-4-5-22-10-15-27(28(19-22)33-3)35-17-16-34-26-13-8-23(9-14-26)18-24(20-30)29(32)31-25-11-6-21(2)7-12-25/h4,6-15,18-19H,1,5,16-17H2,2-3H3,(H,31,32). The van der Waals surface area contributed by atoms with Crippen molar-refractivity contribution in [2.24, 2.45) is 0 Å². The molecule has 6 nitrogen and oxygen atoms in total. The molecule has 35 heavy (non-hydrogen) atoms. The Morgan fingerprint density at radius 3 is 2.37 bits per heavy atom. The average molecular weight is 469 g/mol. The fourth-order valence-electron chi connectivity index (χ4n) is 3.25. The van der Waals surface area contributed by atoms with Crippen LogP contribution in [0, 0.1) is 18.3 Å². The second kappa shape index (κ2) is 12.7. The first-order chi connectivity index (χ1) is 17.0. The van der Waals surface area contributed by atoms with E-state index in [1.807, 2.05) is 49.4 Å². The number of carbonyl (C=O) groups excluding carboxylic acids is 1. The quantitative estimate of drug-likeness (QED) is 0.168. The topological polar surface area (TPSA) is 80.6 Å². The number of benzene rings is 3.